The molecule has 2 aliphatic rings. The van der Waals surface area contributed by atoms with Gasteiger partial charge in [-0.3, -0.25) is 5.32 Å². The number of amides is 2. The predicted octanol–water partition coefficient (Wildman–Crippen LogP) is 4.44. The second-order valence-corrected chi connectivity index (χ2v) is 8.83. The Morgan fingerprint density at radius 2 is 2.04 bits per heavy atom. The third-order valence-corrected chi connectivity index (χ3v) is 6.01. The highest BCUT2D eigenvalue weighted by atomic mass is 16.5. The first-order chi connectivity index (χ1) is 13.2. The minimum atomic E-state index is -0.836. The number of carboxylic acid groups (broad SMARTS) is 1. The van der Waals surface area contributed by atoms with Crippen LogP contribution >= 0.6 is 0 Å². The Bertz CT molecular complexity index is 730. The van der Waals surface area contributed by atoms with Crippen molar-refractivity contribution < 1.29 is 24.2 Å². The molecule has 2 aliphatic heterocycles. The molecule has 154 valence electrons. The minimum Gasteiger partial charge on any atom is -0.497 e. The molecular formula is C21H30N2O5. The van der Waals surface area contributed by atoms with Crippen LogP contribution in [0, 0.1) is 17.3 Å². The lowest BCUT2D eigenvalue weighted by Gasteiger charge is -2.48. The molecule has 2 heterocycles. The van der Waals surface area contributed by atoms with Crippen molar-refractivity contribution in [1.82, 2.24) is 4.90 Å². The van der Waals surface area contributed by atoms with Crippen LogP contribution in [-0.2, 0) is 4.74 Å². The Morgan fingerprint density at radius 1 is 1.29 bits per heavy atom. The Morgan fingerprint density at radius 3 is 2.68 bits per heavy atom. The quantitative estimate of drug-likeness (QED) is 0.794. The number of benzene rings is 1. The molecule has 1 aromatic carbocycles. The molecule has 0 spiro atoms. The summed E-state index contributed by atoms with van der Waals surface area (Å²) in [6, 6.07) is 7.11. The van der Waals surface area contributed by atoms with Crippen LogP contribution in [0.1, 0.15) is 40.0 Å². The second kappa shape index (κ2) is 7.89. The fourth-order valence-corrected chi connectivity index (χ4v) is 5.10. The summed E-state index contributed by atoms with van der Waals surface area (Å²) in [5.74, 6) is 0.944. The zero-order chi connectivity index (χ0) is 20.5. The lowest BCUT2D eigenvalue weighted by Crippen LogP contribution is -2.55. The van der Waals surface area contributed by atoms with Gasteiger partial charge in [0, 0.05) is 29.8 Å². The molecule has 4 unspecified atom stereocenters. The lowest BCUT2D eigenvalue weighted by molar-refractivity contribution is -0.0238. The van der Waals surface area contributed by atoms with Crippen molar-refractivity contribution >= 4 is 17.9 Å². The van der Waals surface area contributed by atoms with Crippen molar-refractivity contribution in [2.45, 2.75) is 52.1 Å². The summed E-state index contributed by atoms with van der Waals surface area (Å²) in [6.07, 6.45) is 1.16. The Kier molecular flexibility index (Phi) is 5.72. The summed E-state index contributed by atoms with van der Waals surface area (Å²) in [7, 11) is 1.57. The number of anilines is 1. The molecule has 3 rings (SSSR count). The normalized spacial score (nSPS) is 26.6. The number of ether oxygens (including phenoxy) is 2. The molecule has 2 saturated heterocycles. The maximum atomic E-state index is 12.3. The van der Waals surface area contributed by atoms with Crippen LogP contribution in [0.25, 0.3) is 0 Å². The first kappa shape index (κ1) is 20.3. The van der Waals surface area contributed by atoms with Gasteiger partial charge in [-0.25, -0.2) is 9.59 Å². The number of fused-ring (bicyclic) bond motifs is 2. The molecule has 28 heavy (non-hydrogen) atoms. The van der Waals surface area contributed by atoms with Crippen LogP contribution in [0.2, 0.25) is 0 Å². The minimum absolute atomic E-state index is 0.00806. The van der Waals surface area contributed by atoms with Gasteiger partial charge in [0.05, 0.1) is 13.7 Å². The Labute approximate surface area is 166 Å². The van der Waals surface area contributed by atoms with E-state index in [1.165, 1.54) is 0 Å². The zero-order valence-electron chi connectivity index (χ0n) is 17.0. The third kappa shape index (κ3) is 4.18. The van der Waals surface area contributed by atoms with E-state index in [1.54, 1.807) is 36.3 Å². The molecule has 0 aliphatic carbocycles. The summed E-state index contributed by atoms with van der Waals surface area (Å²) in [4.78, 5) is 25.7. The largest absolute Gasteiger partial charge is 0.497 e. The van der Waals surface area contributed by atoms with Crippen LogP contribution in [0.15, 0.2) is 24.3 Å². The number of nitrogens with one attached hydrogen (secondary N) is 1. The van der Waals surface area contributed by atoms with E-state index in [2.05, 4.69) is 26.1 Å². The SMILES string of the molecule is COc1cccc(NC(=O)OCC2CC3CCC(C2C(C)(C)C)N3C(=O)O)c1. The molecule has 2 bridgehead atoms. The van der Waals surface area contributed by atoms with Gasteiger partial charge in [-0.1, -0.05) is 26.8 Å². The zero-order valence-corrected chi connectivity index (χ0v) is 17.0. The summed E-state index contributed by atoms with van der Waals surface area (Å²) in [5.41, 5.74) is 0.530. The molecule has 4 atom stereocenters. The number of nitrogens with zero attached hydrogens (tertiary/aromatic N) is 1. The van der Waals surface area contributed by atoms with Gasteiger partial charge >= 0.3 is 12.2 Å². The van der Waals surface area contributed by atoms with Gasteiger partial charge in [0.25, 0.3) is 0 Å². The van der Waals surface area contributed by atoms with Gasteiger partial charge in [-0.15, -0.1) is 0 Å². The molecule has 2 N–H and O–H groups in total. The van der Waals surface area contributed by atoms with Crippen LogP contribution in [0.4, 0.5) is 15.3 Å². The maximum absolute atomic E-state index is 12.3. The molecule has 0 saturated carbocycles. The molecule has 7 heteroatoms. The van der Waals surface area contributed by atoms with Crippen LogP contribution in [0.5, 0.6) is 5.75 Å². The van der Waals surface area contributed by atoms with E-state index in [4.69, 9.17) is 9.47 Å². The summed E-state index contributed by atoms with van der Waals surface area (Å²) < 4.78 is 10.7. The van der Waals surface area contributed by atoms with Crippen molar-refractivity contribution in [1.29, 1.82) is 0 Å². The van der Waals surface area contributed by atoms with Crippen LogP contribution in [0.3, 0.4) is 0 Å². The van der Waals surface area contributed by atoms with Gasteiger partial charge in [0.2, 0.25) is 0 Å². The van der Waals surface area contributed by atoms with E-state index in [-0.39, 0.29) is 35.9 Å². The van der Waals surface area contributed by atoms with Crippen molar-refractivity contribution in [3.8, 4) is 5.75 Å². The number of carbonyl (C=O) groups excluding carboxylic acids is 1. The molecule has 0 radical (unpaired) electrons. The van der Waals surface area contributed by atoms with E-state index in [0.29, 0.717) is 11.4 Å². The van der Waals surface area contributed by atoms with E-state index < -0.39 is 12.2 Å². The molecule has 2 amide bonds. The summed E-state index contributed by atoms with van der Waals surface area (Å²) >= 11 is 0. The van der Waals surface area contributed by atoms with Crippen molar-refractivity contribution in [2.24, 2.45) is 17.3 Å². The molecule has 2 fully saturated rings. The highest BCUT2D eigenvalue weighted by Gasteiger charge is 2.52. The summed E-state index contributed by atoms with van der Waals surface area (Å²) in [5, 5.41) is 12.4. The van der Waals surface area contributed by atoms with Crippen LogP contribution < -0.4 is 10.1 Å². The lowest BCUT2D eigenvalue weighted by atomic mass is 9.66. The molecule has 7 nitrogen and oxygen atoms in total. The van der Waals surface area contributed by atoms with E-state index in [1.807, 2.05) is 0 Å². The Balaban J connectivity index is 1.65. The molecule has 1 aromatic rings. The monoisotopic (exact) mass is 390 g/mol. The van der Waals surface area contributed by atoms with Gasteiger partial charge < -0.3 is 19.5 Å². The molecule has 0 aromatic heterocycles. The standard InChI is InChI=1S/C21H30N2O5/c1-21(2,3)18-13(10-15-8-9-17(18)23(15)20(25)26)12-28-19(24)22-14-6-5-7-16(11-14)27-4/h5-7,11,13,15,17-18H,8-10,12H2,1-4H3,(H,22,24)(H,25,26). The fraction of sp³-hybridized carbons (Fsp3) is 0.619. The highest BCUT2D eigenvalue weighted by Crippen LogP contribution is 2.49. The van der Waals surface area contributed by atoms with Gasteiger partial charge in [0.15, 0.2) is 0 Å². The third-order valence-electron chi connectivity index (χ3n) is 6.01. The fourth-order valence-electron chi connectivity index (χ4n) is 5.10. The number of rotatable bonds is 4. The topological polar surface area (TPSA) is 88.1 Å². The van der Waals surface area contributed by atoms with Gasteiger partial charge in [-0.2, -0.15) is 0 Å². The van der Waals surface area contributed by atoms with E-state index >= 15 is 0 Å². The van der Waals surface area contributed by atoms with Crippen molar-refractivity contribution in [3.05, 3.63) is 24.3 Å². The second-order valence-electron chi connectivity index (χ2n) is 8.83. The Hall–Kier alpha value is -2.44. The first-order valence-corrected chi connectivity index (χ1v) is 9.79. The number of piperidine rings is 1. The maximum Gasteiger partial charge on any atom is 0.411 e. The predicted molar refractivity (Wildman–Crippen MR) is 106 cm³/mol. The van der Waals surface area contributed by atoms with Gasteiger partial charge in [-0.05, 0) is 42.7 Å². The van der Waals surface area contributed by atoms with E-state index in [9.17, 15) is 14.7 Å². The van der Waals surface area contributed by atoms with Crippen molar-refractivity contribution in [2.75, 3.05) is 19.0 Å². The smallest absolute Gasteiger partial charge is 0.411 e. The molecular weight excluding hydrogens is 360 g/mol. The first-order valence-electron chi connectivity index (χ1n) is 9.79. The summed E-state index contributed by atoms with van der Waals surface area (Å²) in [6.45, 7) is 6.71. The number of methoxy groups -OCH3 is 1. The average molecular weight is 390 g/mol. The average Bonchev–Trinajstić information content (AvgIpc) is 2.92. The number of hydrogen-bond donors (Lipinski definition) is 2. The van der Waals surface area contributed by atoms with E-state index in [0.717, 1.165) is 19.3 Å². The van der Waals surface area contributed by atoms with Crippen LogP contribution in [-0.4, -0.2) is 48.0 Å². The van der Waals surface area contributed by atoms with Crippen molar-refractivity contribution in [3.63, 3.8) is 0 Å². The number of hydrogen-bond acceptors (Lipinski definition) is 4. The van der Waals surface area contributed by atoms with Gasteiger partial charge in [0.1, 0.15) is 5.75 Å². The number of carbonyl (C=O) groups is 2. The highest BCUT2D eigenvalue weighted by molar-refractivity contribution is 5.84.